The molecule has 0 atom stereocenters. The number of aromatic nitrogens is 2. The molecule has 1 amide bonds. The molecular formula is C16H15N3O. The lowest BCUT2D eigenvalue weighted by Gasteiger charge is -2.07. The third kappa shape index (κ3) is 2.69. The van der Waals surface area contributed by atoms with E-state index in [0.717, 1.165) is 16.5 Å². The number of para-hydroxylation sites is 1. The maximum atomic E-state index is 12.0. The van der Waals surface area contributed by atoms with Gasteiger partial charge in [-0.25, -0.2) is 0 Å². The van der Waals surface area contributed by atoms with Crippen molar-refractivity contribution < 1.29 is 4.79 Å². The van der Waals surface area contributed by atoms with Crippen LogP contribution in [0.15, 0.2) is 61.1 Å². The zero-order valence-corrected chi connectivity index (χ0v) is 11.0. The van der Waals surface area contributed by atoms with E-state index in [4.69, 9.17) is 0 Å². The molecule has 0 fully saturated rings. The van der Waals surface area contributed by atoms with E-state index in [-0.39, 0.29) is 5.91 Å². The molecule has 4 heteroatoms. The Morgan fingerprint density at radius 3 is 2.90 bits per heavy atom. The van der Waals surface area contributed by atoms with Crippen molar-refractivity contribution in [3.63, 3.8) is 0 Å². The van der Waals surface area contributed by atoms with Crippen LogP contribution in [0.5, 0.6) is 0 Å². The molecule has 0 aliphatic heterocycles. The second kappa shape index (κ2) is 5.57. The van der Waals surface area contributed by atoms with Crippen LogP contribution in [-0.4, -0.2) is 15.5 Å². The van der Waals surface area contributed by atoms with Crippen LogP contribution in [0.1, 0.15) is 5.56 Å². The van der Waals surface area contributed by atoms with Crippen molar-refractivity contribution in [1.29, 1.82) is 0 Å². The summed E-state index contributed by atoms with van der Waals surface area (Å²) >= 11 is 0. The van der Waals surface area contributed by atoms with Crippen LogP contribution in [-0.2, 0) is 17.9 Å². The highest BCUT2D eigenvalue weighted by atomic mass is 16.1. The van der Waals surface area contributed by atoms with Crippen molar-refractivity contribution in [1.82, 2.24) is 14.9 Å². The quantitative estimate of drug-likeness (QED) is 0.787. The van der Waals surface area contributed by atoms with Crippen LogP contribution in [0.25, 0.3) is 10.9 Å². The maximum absolute atomic E-state index is 12.0. The molecule has 1 N–H and O–H groups in total. The number of carbonyl (C=O) groups excluding carboxylic acids is 1. The number of carbonyl (C=O) groups is 1. The van der Waals surface area contributed by atoms with Gasteiger partial charge in [0, 0.05) is 30.7 Å². The Morgan fingerprint density at radius 2 is 2.05 bits per heavy atom. The fourth-order valence-corrected chi connectivity index (χ4v) is 2.19. The van der Waals surface area contributed by atoms with E-state index in [1.165, 1.54) is 0 Å². The lowest BCUT2D eigenvalue weighted by Crippen LogP contribution is -2.26. The number of hydrogen-bond donors (Lipinski definition) is 1. The Bertz CT molecular complexity index is 719. The smallest absolute Gasteiger partial charge is 0.240 e. The van der Waals surface area contributed by atoms with Crippen LogP contribution in [0.2, 0.25) is 0 Å². The first-order valence-corrected chi connectivity index (χ1v) is 6.52. The van der Waals surface area contributed by atoms with Crippen molar-refractivity contribution in [3.05, 3.63) is 66.6 Å². The third-order valence-electron chi connectivity index (χ3n) is 3.21. The highest BCUT2D eigenvalue weighted by Gasteiger charge is 2.05. The van der Waals surface area contributed by atoms with Gasteiger partial charge in [-0.3, -0.25) is 9.78 Å². The summed E-state index contributed by atoms with van der Waals surface area (Å²) in [5.74, 6) is -0.00444. The standard InChI is InChI=1S/C16H15N3O/c20-16(18-11-13-4-3-8-17-10-13)12-19-9-7-14-5-1-2-6-15(14)19/h1-10H,11-12H2,(H,18,20). The fraction of sp³-hybridized carbons (Fsp3) is 0.125. The van der Waals surface area contributed by atoms with Crippen molar-refractivity contribution >= 4 is 16.8 Å². The van der Waals surface area contributed by atoms with Crippen LogP contribution in [0.3, 0.4) is 0 Å². The van der Waals surface area contributed by atoms with Crippen LogP contribution in [0, 0.1) is 0 Å². The lowest BCUT2D eigenvalue weighted by molar-refractivity contribution is -0.121. The Morgan fingerprint density at radius 1 is 1.15 bits per heavy atom. The van der Waals surface area contributed by atoms with Gasteiger partial charge in [0.2, 0.25) is 5.91 Å². The molecule has 0 unspecified atom stereocenters. The van der Waals surface area contributed by atoms with Crippen molar-refractivity contribution in [2.45, 2.75) is 13.1 Å². The molecule has 0 radical (unpaired) electrons. The molecule has 0 bridgehead atoms. The topological polar surface area (TPSA) is 46.9 Å². The molecule has 3 rings (SSSR count). The molecule has 3 aromatic rings. The van der Waals surface area contributed by atoms with Gasteiger partial charge in [0.05, 0.1) is 0 Å². The zero-order chi connectivity index (χ0) is 13.8. The largest absolute Gasteiger partial charge is 0.350 e. The molecule has 0 aliphatic rings. The predicted octanol–water partition coefficient (Wildman–Crippen LogP) is 2.35. The van der Waals surface area contributed by atoms with Crippen molar-refractivity contribution in [2.75, 3.05) is 0 Å². The van der Waals surface area contributed by atoms with E-state index in [2.05, 4.69) is 10.3 Å². The molecule has 20 heavy (non-hydrogen) atoms. The predicted molar refractivity (Wildman–Crippen MR) is 78.0 cm³/mol. The van der Waals surface area contributed by atoms with E-state index in [9.17, 15) is 4.79 Å². The number of rotatable bonds is 4. The average molecular weight is 265 g/mol. The summed E-state index contributed by atoms with van der Waals surface area (Å²) in [4.78, 5) is 16.0. The molecule has 0 saturated heterocycles. The summed E-state index contributed by atoms with van der Waals surface area (Å²) in [6.45, 7) is 0.833. The first-order chi connectivity index (χ1) is 9.83. The molecule has 1 aromatic carbocycles. The van der Waals surface area contributed by atoms with Crippen LogP contribution in [0.4, 0.5) is 0 Å². The third-order valence-corrected chi connectivity index (χ3v) is 3.21. The minimum Gasteiger partial charge on any atom is -0.350 e. The summed E-state index contributed by atoms with van der Waals surface area (Å²) < 4.78 is 1.95. The number of hydrogen-bond acceptors (Lipinski definition) is 2. The number of fused-ring (bicyclic) bond motifs is 1. The molecule has 0 spiro atoms. The van der Waals surface area contributed by atoms with Gasteiger partial charge >= 0.3 is 0 Å². The fourth-order valence-electron chi connectivity index (χ4n) is 2.19. The highest BCUT2D eigenvalue weighted by molar-refractivity contribution is 5.83. The number of benzene rings is 1. The number of nitrogens with zero attached hydrogens (tertiary/aromatic N) is 2. The molecule has 2 aromatic heterocycles. The van der Waals surface area contributed by atoms with Crippen molar-refractivity contribution in [3.8, 4) is 0 Å². The molecule has 100 valence electrons. The van der Waals surface area contributed by atoms with Gasteiger partial charge in [0.15, 0.2) is 0 Å². The van der Waals surface area contributed by atoms with E-state index in [0.29, 0.717) is 13.1 Å². The molecule has 4 nitrogen and oxygen atoms in total. The van der Waals surface area contributed by atoms with Crippen molar-refractivity contribution in [2.24, 2.45) is 0 Å². The van der Waals surface area contributed by atoms with Gasteiger partial charge in [-0.2, -0.15) is 0 Å². The SMILES string of the molecule is O=C(Cn1ccc2ccccc21)NCc1cccnc1. The molecule has 0 aliphatic carbocycles. The first-order valence-electron chi connectivity index (χ1n) is 6.52. The summed E-state index contributed by atoms with van der Waals surface area (Å²) in [5.41, 5.74) is 2.07. The van der Waals surface area contributed by atoms with Gasteiger partial charge in [-0.1, -0.05) is 24.3 Å². The Hall–Kier alpha value is -2.62. The van der Waals surface area contributed by atoms with Gasteiger partial charge in [0.25, 0.3) is 0 Å². The van der Waals surface area contributed by atoms with Crippen LogP contribution < -0.4 is 5.32 Å². The number of pyridine rings is 1. The number of amides is 1. The van der Waals surface area contributed by atoms with E-state index in [1.807, 2.05) is 53.2 Å². The molecular weight excluding hydrogens is 250 g/mol. The normalized spacial score (nSPS) is 10.6. The summed E-state index contributed by atoms with van der Waals surface area (Å²) in [7, 11) is 0. The summed E-state index contributed by atoms with van der Waals surface area (Å²) in [6, 6.07) is 13.9. The highest BCUT2D eigenvalue weighted by Crippen LogP contribution is 2.14. The molecule has 2 heterocycles. The van der Waals surface area contributed by atoms with E-state index >= 15 is 0 Å². The molecule has 0 saturated carbocycles. The monoisotopic (exact) mass is 265 g/mol. The maximum Gasteiger partial charge on any atom is 0.240 e. The Balaban J connectivity index is 1.64. The Kier molecular flexibility index (Phi) is 3.46. The van der Waals surface area contributed by atoms with Gasteiger partial charge in [-0.05, 0) is 29.1 Å². The minimum absolute atomic E-state index is 0.00444. The van der Waals surface area contributed by atoms with Crippen LogP contribution >= 0.6 is 0 Å². The lowest BCUT2D eigenvalue weighted by atomic mass is 10.2. The summed E-state index contributed by atoms with van der Waals surface area (Å²) in [6.07, 6.45) is 5.41. The van der Waals surface area contributed by atoms with Gasteiger partial charge < -0.3 is 9.88 Å². The van der Waals surface area contributed by atoms with Gasteiger partial charge in [-0.15, -0.1) is 0 Å². The summed E-state index contributed by atoms with van der Waals surface area (Å²) in [5, 5.41) is 4.05. The first kappa shape index (κ1) is 12.4. The number of nitrogens with one attached hydrogen (secondary N) is 1. The Labute approximate surface area is 117 Å². The minimum atomic E-state index is -0.00444. The zero-order valence-electron chi connectivity index (χ0n) is 11.0. The second-order valence-corrected chi connectivity index (χ2v) is 4.64. The van der Waals surface area contributed by atoms with Gasteiger partial charge in [0.1, 0.15) is 6.54 Å². The second-order valence-electron chi connectivity index (χ2n) is 4.64. The van der Waals surface area contributed by atoms with E-state index < -0.39 is 0 Å². The average Bonchev–Trinajstić information content (AvgIpc) is 2.90. The van der Waals surface area contributed by atoms with E-state index in [1.54, 1.807) is 12.4 Å².